The van der Waals surface area contributed by atoms with Crippen LogP contribution in [-0.4, -0.2) is 11.2 Å². The summed E-state index contributed by atoms with van der Waals surface area (Å²) in [5, 5.41) is 9.18. The van der Waals surface area contributed by atoms with E-state index in [0.717, 1.165) is 5.56 Å². The van der Waals surface area contributed by atoms with E-state index in [9.17, 15) is 5.11 Å². The van der Waals surface area contributed by atoms with Crippen molar-refractivity contribution < 1.29 is 9.84 Å². The summed E-state index contributed by atoms with van der Waals surface area (Å²) in [7, 11) is 0. The van der Waals surface area contributed by atoms with Gasteiger partial charge in [0.25, 0.3) is 0 Å². The fourth-order valence-corrected chi connectivity index (χ4v) is 2.14. The van der Waals surface area contributed by atoms with Gasteiger partial charge in [-0.3, -0.25) is 0 Å². The Morgan fingerprint density at radius 1 is 1.20 bits per heavy atom. The average molecular weight is 206 g/mol. The second-order valence-electron chi connectivity index (χ2n) is 4.28. The molecule has 82 valence electrons. The van der Waals surface area contributed by atoms with Crippen molar-refractivity contribution in [3.63, 3.8) is 0 Å². The Morgan fingerprint density at radius 2 is 1.80 bits per heavy atom. The fraction of sp³-hybridized carbons (Fsp3) is 0.538. The van der Waals surface area contributed by atoms with Crippen LogP contribution in [0.15, 0.2) is 24.3 Å². The SMILES string of the molecule is CC(OC1CCCC1)c1ccc(O)cc1. The molecule has 0 aliphatic heterocycles. The number of phenols is 1. The molecule has 0 heterocycles. The van der Waals surface area contributed by atoms with Gasteiger partial charge in [0.2, 0.25) is 0 Å². The molecular formula is C13H18O2. The van der Waals surface area contributed by atoms with Crippen LogP contribution in [0.1, 0.15) is 44.3 Å². The summed E-state index contributed by atoms with van der Waals surface area (Å²) < 4.78 is 5.96. The highest BCUT2D eigenvalue weighted by atomic mass is 16.5. The first kappa shape index (κ1) is 10.5. The van der Waals surface area contributed by atoms with Crippen molar-refractivity contribution in [2.24, 2.45) is 0 Å². The van der Waals surface area contributed by atoms with E-state index < -0.39 is 0 Å². The molecule has 2 heteroatoms. The smallest absolute Gasteiger partial charge is 0.115 e. The maximum Gasteiger partial charge on any atom is 0.115 e. The van der Waals surface area contributed by atoms with Crippen LogP contribution in [0.5, 0.6) is 5.75 Å². The number of aromatic hydroxyl groups is 1. The van der Waals surface area contributed by atoms with Gasteiger partial charge >= 0.3 is 0 Å². The minimum absolute atomic E-state index is 0.133. The van der Waals surface area contributed by atoms with Gasteiger partial charge in [-0.05, 0) is 37.5 Å². The van der Waals surface area contributed by atoms with Crippen molar-refractivity contribution in [3.05, 3.63) is 29.8 Å². The highest BCUT2D eigenvalue weighted by Gasteiger charge is 2.18. The van der Waals surface area contributed by atoms with Crippen molar-refractivity contribution in [3.8, 4) is 5.75 Å². The summed E-state index contributed by atoms with van der Waals surface area (Å²) in [6, 6.07) is 7.28. The van der Waals surface area contributed by atoms with Crippen molar-refractivity contribution in [1.29, 1.82) is 0 Å². The number of hydrogen-bond acceptors (Lipinski definition) is 2. The Kier molecular flexibility index (Phi) is 3.27. The highest BCUT2D eigenvalue weighted by Crippen LogP contribution is 2.27. The molecule has 15 heavy (non-hydrogen) atoms. The van der Waals surface area contributed by atoms with Gasteiger partial charge in [0.15, 0.2) is 0 Å². The molecule has 1 aromatic rings. The van der Waals surface area contributed by atoms with E-state index in [4.69, 9.17) is 4.74 Å². The maximum absolute atomic E-state index is 9.18. The number of ether oxygens (including phenoxy) is 1. The third-order valence-corrected chi connectivity index (χ3v) is 3.06. The lowest BCUT2D eigenvalue weighted by atomic mass is 10.1. The molecule has 1 aliphatic rings. The van der Waals surface area contributed by atoms with Crippen LogP contribution < -0.4 is 0 Å². The van der Waals surface area contributed by atoms with Crippen molar-refractivity contribution in [1.82, 2.24) is 0 Å². The van der Waals surface area contributed by atoms with Crippen LogP contribution in [0, 0.1) is 0 Å². The molecule has 1 atom stereocenters. The molecule has 0 aromatic heterocycles. The quantitative estimate of drug-likeness (QED) is 0.821. The molecule has 2 nitrogen and oxygen atoms in total. The molecule has 1 saturated carbocycles. The molecule has 1 fully saturated rings. The Labute approximate surface area is 90.9 Å². The second kappa shape index (κ2) is 4.67. The van der Waals surface area contributed by atoms with Crippen LogP contribution >= 0.6 is 0 Å². The molecule has 2 rings (SSSR count). The zero-order valence-electron chi connectivity index (χ0n) is 9.15. The summed E-state index contributed by atoms with van der Waals surface area (Å²) in [6.07, 6.45) is 5.56. The lowest BCUT2D eigenvalue weighted by Gasteiger charge is -2.18. The van der Waals surface area contributed by atoms with Crippen molar-refractivity contribution >= 4 is 0 Å². The van der Waals surface area contributed by atoms with E-state index in [2.05, 4.69) is 6.92 Å². The summed E-state index contributed by atoms with van der Waals surface area (Å²) in [5.74, 6) is 0.312. The molecule has 1 aliphatic carbocycles. The summed E-state index contributed by atoms with van der Waals surface area (Å²) in [6.45, 7) is 2.07. The lowest BCUT2D eigenvalue weighted by molar-refractivity contribution is 0.00101. The highest BCUT2D eigenvalue weighted by molar-refractivity contribution is 5.27. The standard InChI is InChI=1S/C13H18O2/c1-10(15-13-4-2-3-5-13)11-6-8-12(14)9-7-11/h6-10,13-14H,2-5H2,1H3. The van der Waals surface area contributed by atoms with Crippen molar-refractivity contribution in [2.45, 2.75) is 44.8 Å². The Hall–Kier alpha value is -1.02. The van der Waals surface area contributed by atoms with E-state index in [1.165, 1.54) is 25.7 Å². The van der Waals surface area contributed by atoms with E-state index in [1.54, 1.807) is 12.1 Å². The van der Waals surface area contributed by atoms with Gasteiger partial charge in [0, 0.05) is 0 Å². The summed E-state index contributed by atoms with van der Waals surface area (Å²) in [4.78, 5) is 0. The van der Waals surface area contributed by atoms with Gasteiger partial charge in [0.1, 0.15) is 5.75 Å². The minimum Gasteiger partial charge on any atom is -0.508 e. The first-order valence-electron chi connectivity index (χ1n) is 5.70. The molecule has 1 N–H and O–H groups in total. The normalized spacial score (nSPS) is 19.3. The summed E-state index contributed by atoms with van der Waals surface area (Å²) in [5.41, 5.74) is 1.14. The molecule has 0 spiro atoms. The largest absolute Gasteiger partial charge is 0.508 e. The predicted octanol–water partition coefficient (Wildman–Crippen LogP) is 3.41. The van der Waals surface area contributed by atoms with Gasteiger partial charge < -0.3 is 9.84 Å². The molecule has 0 bridgehead atoms. The number of rotatable bonds is 3. The molecule has 0 amide bonds. The predicted molar refractivity (Wildman–Crippen MR) is 59.9 cm³/mol. The Balaban J connectivity index is 1.94. The van der Waals surface area contributed by atoms with E-state index in [0.29, 0.717) is 11.9 Å². The lowest BCUT2D eigenvalue weighted by Crippen LogP contribution is -2.10. The van der Waals surface area contributed by atoms with Crippen molar-refractivity contribution in [2.75, 3.05) is 0 Å². The van der Waals surface area contributed by atoms with Gasteiger partial charge in [-0.25, -0.2) is 0 Å². The van der Waals surface area contributed by atoms with Crippen LogP contribution in [-0.2, 0) is 4.74 Å². The van der Waals surface area contributed by atoms with E-state index in [1.807, 2.05) is 12.1 Å². The first-order chi connectivity index (χ1) is 7.25. The third kappa shape index (κ3) is 2.72. The van der Waals surface area contributed by atoms with Gasteiger partial charge in [0.05, 0.1) is 12.2 Å². The molecular weight excluding hydrogens is 188 g/mol. The zero-order valence-corrected chi connectivity index (χ0v) is 9.15. The zero-order chi connectivity index (χ0) is 10.7. The summed E-state index contributed by atoms with van der Waals surface area (Å²) >= 11 is 0. The third-order valence-electron chi connectivity index (χ3n) is 3.06. The minimum atomic E-state index is 0.133. The molecule has 1 unspecified atom stereocenters. The molecule has 0 radical (unpaired) electrons. The maximum atomic E-state index is 9.18. The fourth-order valence-electron chi connectivity index (χ4n) is 2.14. The van der Waals surface area contributed by atoms with Crippen LogP contribution in [0.3, 0.4) is 0 Å². The number of hydrogen-bond donors (Lipinski definition) is 1. The number of phenolic OH excluding ortho intramolecular Hbond substituents is 1. The Bertz CT molecular complexity index is 299. The molecule has 0 saturated heterocycles. The first-order valence-corrected chi connectivity index (χ1v) is 5.70. The van der Waals surface area contributed by atoms with Crippen LogP contribution in [0.4, 0.5) is 0 Å². The van der Waals surface area contributed by atoms with E-state index >= 15 is 0 Å². The monoisotopic (exact) mass is 206 g/mol. The van der Waals surface area contributed by atoms with Crippen LogP contribution in [0.2, 0.25) is 0 Å². The van der Waals surface area contributed by atoms with Gasteiger partial charge in [-0.2, -0.15) is 0 Å². The van der Waals surface area contributed by atoms with Gasteiger partial charge in [-0.15, -0.1) is 0 Å². The average Bonchev–Trinajstić information content (AvgIpc) is 2.71. The second-order valence-corrected chi connectivity index (χ2v) is 4.28. The topological polar surface area (TPSA) is 29.5 Å². The molecule has 1 aromatic carbocycles. The van der Waals surface area contributed by atoms with Gasteiger partial charge in [-0.1, -0.05) is 25.0 Å². The van der Waals surface area contributed by atoms with E-state index in [-0.39, 0.29) is 6.10 Å². The number of benzene rings is 1. The Morgan fingerprint density at radius 3 is 2.40 bits per heavy atom. The van der Waals surface area contributed by atoms with Crippen LogP contribution in [0.25, 0.3) is 0 Å².